The average Bonchev–Trinajstić information content (AvgIpc) is 2.57. The molecule has 0 heterocycles. The number of benzene rings is 2. The molecular formula is C18H17NO4. The number of para-hydroxylation sites is 1. The Morgan fingerprint density at radius 3 is 2.13 bits per heavy atom. The molecule has 0 unspecified atom stereocenters. The van der Waals surface area contributed by atoms with Crippen LogP contribution in [-0.4, -0.2) is 23.6 Å². The van der Waals surface area contributed by atoms with Gasteiger partial charge in [0.15, 0.2) is 5.57 Å². The molecule has 0 aromatic heterocycles. The number of anilines is 1. The van der Waals surface area contributed by atoms with E-state index in [1.807, 2.05) is 0 Å². The first kappa shape index (κ1) is 16.3. The molecule has 0 radical (unpaired) electrons. The predicted octanol–water partition coefficient (Wildman–Crippen LogP) is 3.16. The Morgan fingerprint density at radius 2 is 1.57 bits per heavy atom. The summed E-state index contributed by atoms with van der Waals surface area (Å²) in [6.07, 6.45) is 0. The van der Waals surface area contributed by atoms with Crippen LogP contribution in [0.3, 0.4) is 0 Å². The predicted molar refractivity (Wildman–Crippen MR) is 87.7 cm³/mol. The van der Waals surface area contributed by atoms with Crippen LogP contribution in [0.15, 0.2) is 66.2 Å². The summed E-state index contributed by atoms with van der Waals surface area (Å²) >= 11 is 0. The van der Waals surface area contributed by atoms with Gasteiger partial charge < -0.3 is 15.2 Å². The molecule has 0 saturated heterocycles. The molecule has 2 aromatic carbocycles. The molecule has 2 N–H and O–H groups in total. The van der Waals surface area contributed by atoms with Crippen LogP contribution in [0.1, 0.15) is 12.5 Å². The molecule has 5 heteroatoms. The molecule has 0 fully saturated rings. The van der Waals surface area contributed by atoms with Crippen LogP contribution in [0.5, 0.6) is 0 Å². The fourth-order valence-electron chi connectivity index (χ4n) is 1.96. The summed E-state index contributed by atoms with van der Waals surface area (Å²) in [5.74, 6) is -2.02. The number of esters is 1. The van der Waals surface area contributed by atoms with E-state index in [1.165, 1.54) is 0 Å². The topological polar surface area (TPSA) is 75.6 Å². The van der Waals surface area contributed by atoms with Gasteiger partial charge in [0, 0.05) is 11.3 Å². The van der Waals surface area contributed by atoms with E-state index in [2.05, 4.69) is 5.32 Å². The molecule has 0 aliphatic carbocycles. The van der Waals surface area contributed by atoms with Crippen molar-refractivity contribution in [3.63, 3.8) is 0 Å². The molecule has 1 amide bonds. The largest absolute Gasteiger partial charge is 0.506 e. The van der Waals surface area contributed by atoms with Crippen molar-refractivity contribution in [3.8, 4) is 0 Å². The number of hydrogen-bond acceptors (Lipinski definition) is 4. The second-order valence-corrected chi connectivity index (χ2v) is 4.63. The smallest absolute Gasteiger partial charge is 0.347 e. The lowest BCUT2D eigenvalue weighted by Gasteiger charge is -2.11. The fourth-order valence-corrected chi connectivity index (χ4v) is 1.96. The summed E-state index contributed by atoms with van der Waals surface area (Å²) < 4.78 is 4.89. The van der Waals surface area contributed by atoms with Gasteiger partial charge in [-0.25, -0.2) is 4.79 Å². The second kappa shape index (κ2) is 7.79. The van der Waals surface area contributed by atoms with Gasteiger partial charge >= 0.3 is 5.97 Å². The summed E-state index contributed by atoms with van der Waals surface area (Å²) in [6, 6.07) is 17.0. The van der Waals surface area contributed by atoms with Crippen LogP contribution in [0.2, 0.25) is 0 Å². The monoisotopic (exact) mass is 311 g/mol. The number of rotatable bonds is 5. The first-order valence-corrected chi connectivity index (χ1v) is 7.15. The highest BCUT2D eigenvalue weighted by atomic mass is 16.5. The number of ether oxygens (including phenoxy) is 1. The molecule has 2 rings (SSSR count). The number of nitrogens with one attached hydrogen (secondary N) is 1. The highest BCUT2D eigenvalue weighted by molar-refractivity contribution is 6.25. The van der Waals surface area contributed by atoms with E-state index in [1.54, 1.807) is 67.6 Å². The number of hydrogen-bond donors (Lipinski definition) is 2. The van der Waals surface area contributed by atoms with Crippen LogP contribution in [0.4, 0.5) is 5.69 Å². The fraction of sp³-hybridized carbons (Fsp3) is 0.111. The number of carbonyl (C=O) groups is 2. The van der Waals surface area contributed by atoms with Gasteiger partial charge in [0.05, 0.1) is 6.61 Å². The normalized spacial score (nSPS) is 11.3. The highest BCUT2D eigenvalue weighted by Crippen LogP contribution is 2.19. The lowest BCUT2D eigenvalue weighted by atomic mass is 10.1. The van der Waals surface area contributed by atoms with Crippen LogP contribution >= 0.6 is 0 Å². The van der Waals surface area contributed by atoms with Crippen molar-refractivity contribution in [2.45, 2.75) is 6.92 Å². The number of aliphatic hydroxyl groups excluding tert-OH is 1. The van der Waals surface area contributed by atoms with Crippen molar-refractivity contribution in [2.75, 3.05) is 11.9 Å². The minimum atomic E-state index is -0.873. The minimum absolute atomic E-state index is 0.100. The number of aliphatic hydroxyl groups is 1. The molecule has 5 nitrogen and oxygen atoms in total. The SMILES string of the molecule is CCOC(=O)C(C(=O)Nc1ccccc1)=C(O)c1ccccc1. The molecule has 0 aliphatic heterocycles. The zero-order valence-corrected chi connectivity index (χ0v) is 12.7. The molecule has 0 saturated carbocycles. The van der Waals surface area contributed by atoms with Crippen LogP contribution in [0, 0.1) is 0 Å². The molecule has 118 valence electrons. The Kier molecular flexibility index (Phi) is 5.52. The minimum Gasteiger partial charge on any atom is -0.506 e. The summed E-state index contributed by atoms with van der Waals surface area (Å²) in [5.41, 5.74) is 0.445. The van der Waals surface area contributed by atoms with Crippen LogP contribution in [0.25, 0.3) is 5.76 Å². The molecule has 0 atom stereocenters. The Labute approximate surface area is 134 Å². The summed E-state index contributed by atoms with van der Waals surface area (Å²) in [4.78, 5) is 24.5. The first-order chi connectivity index (χ1) is 11.1. The van der Waals surface area contributed by atoms with Crippen molar-refractivity contribution in [3.05, 3.63) is 71.8 Å². The van der Waals surface area contributed by atoms with Gasteiger partial charge in [-0.3, -0.25) is 4.79 Å². The van der Waals surface area contributed by atoms with E-state index in [-0.39, 0.29) is 6.61 Å². The third-order valence-electron chi connectivity index (χ3n) is 3.02. The number of amides is 1. The summed E-state index contributed by atoms with van der Waals surface area (Å²) in [6.45, 7) is 1.73. The maximum absolute atomic E-state index is 12.4. The highest BCUT2D eigenvalue weighted by Gasteiger charge is 2.25. The van der Waals surface area contributed by atoms with Gasteiger partial charge in [-0.1, -0.05) is 48.5 Å². The maximum Gasteiger partial charge on any atom is 0.347 e. The molecule has 2 aromatic rings. The van der Waals surface area contributed by atoms with E-state index in [4.69, 9.17) is 4.74 Å². The average molecular weight is 311 g/mol. The van der Waals surface area contributed by atoms with Gasteiger partial charge in [0.1, 0.15) is 5.76 Å². The lowest BCUT2D eigenvalue weighted by Crippen LogP contribution is -2.24. The lowest BCUT2D eigenvalue weighted by molar-refractivity contribution is -0.139. The van der Waals surface area contributed by atoms with Crippen molar-refractivity contribution >= 4 is 23.3 Å². The third kappa shape index (κ3) is 4.20. The Balaban J connectivity index is 2.38. The van der Waals surface area contributed by atoms with Crippen molar-refractivity contribution in [2.24, 2.45) is 0 Å². The second-order valence-electron chi connectivity index (χ2n) is 4.63. The van der Waals surface area contributed by atoms with Gasteiger partial charge in [0.25, 0.3) is 5.91 Å². The Morgan fingerprint density at radius 1 is 1.00 bits per heavy atom. The zero-order chi connectivity index (χ0) is 16.7. The Bertz CT molecular complexity index is 708. The molecule has 0 spiro atoms. The van der Waals surface area contributed by atoms with Gasteiger partial charge in [0.2, 0.25) is 0 Å². The van der Waals surface area contributed by atoms with Gasteiger partial charge in [-0.05, 0) is 19.1 Å². The molecule has 23 heavy (non-hydrogen) atoms. The van der Waals surface area contributed by atoms with Gasteiger partial charge in [-0.2, -0.15) is 0 Å². The van der Waals surface area contributed by atoms with E-state index >= 15 is 0 Å². The van der Waals surface area contributed by atoms with E-state index < -0.39 is 23.2 Å². The quantitative estimate of drug-likeness (QED) is 0.292. The molecular weight excluding hydrogens is 294 g/mol. The standard InChI is InChI=1S/C18H17NO4/c1-2-23-18(22)15(16(20)13-9-5-3-6-10-13)17(21)19-14-11-7-4-8-12-14/h3-12,20H,2H2,1H3,(H,19,21). The summed E-state index contributed by atoms with van der Waals surface area (Å²) in [5, 5.41) is 12.9. The third-order valence-corrected chi connectivity index (χ3v) is 3.02. The molecule has 0 bridgehead atoms. The Hall–Kier alpha value is -3.08. The van der Waals surface area contributed by atoms with Crippen LogP contribution in [-0.2, 0) is 14.3 Å². The van der Waals surface area contributed by atoms with Crippen LogP contribution < -0.4 is 5.32 Å². The summed E-state index contributed by atoms with van der Waals surface area (Å²) in [7, 11) is 0. The van der Waals surface area contributed by atoms with E-state index in [9.17, 15) is 14.7 Å². The van der Waals surface area contributed by atoms with Crippen molar-refractivity contribution in [1.29, 1.82) is 0 Å². The first-order valence-electron chi connectivity index (χ1n) is 7.15. The zero-order valence-electron chi connectivity index (χ0n) is 12.7. The maximum atomic E-state index is 12.4. The molecule has 0 aliphatic rings. The van der Waals surface area contributed by atoms with Gasteiger partial charge in [-0.15, -0.1) is 0 Å². The number of carbonyl (C=O) groups excluding carboxylic acids is 2. The van der Waals surface area contributed by atoms with E-state index in [0.29, 0.717) is 11.3 Å². The van der Waals surface area contributed by atoms with Crippen molar-refractivity contribution < 1.29 is 19.4 Å². The van der Waals surface area contributed by atoms with E-state index in [0.717, 1.165) is 0 Å². The van der Waals surface area contributed by atoms with Crippen molar-refractivity contribution in [1.82, 2.24) is 0 Å².